The van der Waals surface area contributed by atoms with E-state index in [1.54, 1.807) is 0 Å². The molecule has 0 aromatic carbocycles. The van der Waals surface area contributed by atoms with E-state index < -0.39 is 0 Å². The molecule has 0 atom stereocenters. The van der Waals surface area contributed by atoms with Gasteiger partial charge in [-0.05, 0) is 44.9 Å². The van der Waals surface area contributed by atoms with Crippen LogP contribution in [-0.4, -0.2) is 47.5 Å². The van der Waals surface area contributed by atoms with Gasteiger partial charge in [-0.25, -0.2) is 4.98 Å². The highest BCUT2D eigenvalue weighted by molar-refractivity contribution is 5.06. The Morgan fingerprint density at radius 2 is 1.86 bits per heavy atom. The number of piperidine rings is 1. The maximum absolute atomic E-state index is 5.92. The fourth-order valence-corrected chi connectivity index (χ4v) is 3.10. The van der Waals surface area contributed by atoms with Crippen LogP contribution in [0.3, 0.4) is 0 Å². The van der Waals surface area contributed by atoms with Crippen LogP contribution < -0.4 is 0 Å². The van der Waals surface area contributed by atoms with Gasteiger partial charge in [0.25, 0.3) is 0 Å². The first kappa shape index (κ1) is 17.5. The van der Waals surface area contributed by atoms with Gasteiger partial charge in [0, 0.05) is 12.0 Å². The average Bonchev–Trinajstić information content (AvgIpc) is 2.95. The van der Waals surface area contributed by atoms with Gasteiger partial charge in [-0.1, -0.05) is 34.6 Å². The van der Waals surface area contributed by atoms with Crippen LogP contribution in [0.4, 0.5) is 0 Å². The molecule has 22 heavy (non-hydrogen) atoms. The summed E-state index contributed by atoms with van der Waals surface area (Å²) in [6.07, 6.45) is 4.48. The molecular weight excluding hydrogens is 274 g/mol. The van der Waals surface area contributed by atoms with Gasteiger partial charge in [0.1, 0.15) is 5.76 Å². The molecule has 4 heteroatoms. The van der Waals surface area contributed by atoms with E-state index in [0.29, 0.717) is 0 Å². The van der Waals surface area contributed by atoms with Gasteiger partial charge in [-0.3, -0.25) is 4.90 Å². The van der Waals surface area contributed by atoms with Crippen molar-refractivity contribution in [3.63, 3.8) is 0 Å². The Hall–Kier alpha value is -0.870. The number of oxazole rings is 1. The Morgan fingerprint density at radius 3 is 2.36 bits per heavy atom. The van der Waals surface area contributed by atoms with E-state index in [-0.39, 0.29) is 5.41 Å². The summed E-state index contributed by atoms with van der Waals surface area (Å²) in [5.41, 5.74) is 0.0437. The van der Waals surface area contributed by atoms with Crippen LogP contribution in [0.25, 0.3) is 0 Å². The number of hydrogen-bond donors (Lipinski definition) is 0. The van der Waals surface area contributed by atoms with Crippen molar-refractivity contribution in [2.75, 3.05) is 32.7 Å². The summed E-state index contributed by atoms with van der Waals surface area (Å²) in [5, 5.41) is 0. The number of hydrogen-bond acceptors (Lipinski definition) is 4. The van der Waals surface area contributed by atoms with Crippen molar-refractivity contribution in [1.82, 2.24) is 14.8 Å². The molecule has 0 radical (unpaired) electrons. The maximum Gasteiger partial charge on any atom is 0.208 e. The molecule has 1 fully saturated rings. The summed E-state index contributed by atoms with van der Waals surface area (Å²) >= 11 is 0. The molecule has 0 bridgehead atoms. The molecule has 0 N–H and O–H groups in total. The summed E-state index contributed by atoms with van der Waals surface area (Å²) in [7, 11) is 0. The first-order chi connectivity index (χ1) is 10.4. The topological polar surface area (TPSA) is 32.5 Å². The Morgan fingerprint density at radius 1 is 1.23 bits per heavy atom. The second-order valence-electron chi connectivity index (χ2n) is 7.57. The molecule has 0 amide bonds. The highest BCUT2D eigenvalue weighted by Crippen LogP contribution is 2.24. The second-order valence-corrected chi connectivity index (χ2v) is 7.57. The van der Waals surface area contributed by atoms with Gasteiger partial charge < -0.3 is 9.32 Å². The van der Waals surface area contributed by atoms with Crippen molar-refractivity contribution in [2.24, 2.45) is 5.92 Å². The molecule has 1 aliphatic rings. The highest BCUT2D eigenvalue weighted by Gasteiger charge is 2.23. The van der Waals surface area contributed by atoms with Gasteiger partial charge in [-0.2, -0.15) is 0 Å². The molecular formula is C18H33N3O. The monoisotopic (exact) mass is 307 g/mol. The summed E-state index contributed by atoms with van der Waals surface area (Å²) in [6.45, 7) is 17.8. The number of aromatic nitrogens is 1. The van der Waals surface area contributed by atoms with Crippen molar-refractivity contribution in [2.45, 2.75) is 59.4 Å². The van der Waals surface area contributed by atoms with Crippen molar-refractivity contribution < 1.29 is 4.42 Å². The minimum absolute atomic E-state index is 0.0437. The molecule has 0 saturated carbocycles. The Labute approximate surface area is 135 Å². The van der Waals surface area contributed by atoms with E-state index in [2.05, 4.69) is 49.4 Å². The summed E-state index contributed by atoms with van der Waals surface area (Å²) in [4.78, 5) is 9.48. The standard InChI is InChI=1S/C18H33N3O/c1-6-20(7-2)13-15-8-10-21(11-9-15)14-17-19-12-16(22-17)18(3,4)5/h12,15H,6-11,13-14H2,1-5H3. The zero-order valence-electron chi connectivity index (χ0n) is 15.1. The van der Waals surface area contributed by atoms with Crippen LogP contribution in [0.15, 0.2) is 10.6 Å². The van der Waals surface area contributed by atoms with Crippen LogP contribution in [0.2, 0.25) is 0 Å². The molecule has 0 aliphatic carbocycles. The van der Waals surface area contributed by atoms with Gasteiger partial charge in [0.05, 0.1) is 12.7 Å². The summed E-state index contributed by atoms with van der Waals surface area (Å²) in [5.74, 6) is 2.71. The summed E-state index contributed by atoms with van der Waals surface area (Å²) in [6, 6.07) is 0. The molecule has 2 rings (SSSR count). The third kappa shape index (κ3) is 4.82. The minimum atomic E-state index is 0.0437. The van der Waals surface area contributed by atoms with Crippen molar-refractivity contribution in [1.29, 1.82) is 0 Å². The normalized spacial score (nSPS) is 18.3. The molecule has 126 valence electrons. The van der Waals surface area contributed by atoms with E-state index in [0.717, 1.165) is 24.1 Å². The smallest absolute Gasteiger partial charge is 0.208 e. The van der Waals surface area contributed by atoms with Crippen molar-refractivity contribution >= 4 is 0 Å². The molecule has 0 spiro atoms. The van der Waals surface area contributed by atoms with Crippen LogP contribution in [-0.2, 0) is 12.0 Å². The Kier molecular flexibility index (Phi) is 6.04. The maximum atomic E-state index is 5.92. The third-order valence-electron chi connectivity index (χ3n) is 4.77. The minimum Gasteiger partial charge on any atom is -0.444 e. The van der Waals surface area contributed by atoms with Gasteiger partial charge >= 0.3 is 0 Å². The number of likely N-dealkylation sites (tertiary alicyclic amines) is 1. The van der Waals surface area contributed by atoms with Gasteiger partial charge in [0.2, 0.25) is 5.89 Å². The van der Waals surface area contributed by atoms with Gasteiger partial charge in [-0.15, -0.1) is 0 Å². The van der Waals surface area contributed by atoms with Crippen LogP contribution in [0, 0.1) is 5.92 Å². The van der Waals surface area contributed by atoms with Gasteiger partial charge in [0.15, 0.2) is 0 Å². The fourth-order valence-electron chi connectivity index (χ4n) is 3.10. The number of nitrogens with zero attached hydrogens (tertiary/aromatic N) is 3. The first-order valence-electron chi connectivity index (χ1n) is 8.82. The average molecular weight is 307 g/mol. The quantitative estimate of drug-likeness (QED) is 0.805. The van der Waals surface area contributed by atoms with E-state index in [9.17, 15) is 0 Å². The molecule has 1 aromatic rings. The Balaban J connectivity index is 1.79. The number of rotatable bonds is 6. The van der Waals surface area contributed by atoms with Crippen LogP contribution in [0.1, 0.15) is 59.1 Å². The lowest BCUT2D eigenvalue weighted by Crippen LogP contribution is -2.38. The largest absolute Gasteiger partial charge is 0.444 e. The van der Waals surface area contributed by atoms with Crippen molar-refractivity contribution in [3.05, 3.63) is 17.8 Å². The van der Waals surface area contributed by atoms with E-state index >= 15 is 0 Å². The molecule has 1 aliphatic heterocycles. The lowest BCUT2D eigenvalue weighted by atomic mass is 9.94. The predicted octanol–water partition coefficient (Wildman–Crippen LogP) is 3.53. The van der Waals surface area contributed by atoms with Crippen LogP contribution in [0.5, 0.6) is 0 Å². The molecule has 2 heterocycles. The highest BCUT2D eigenvalue weighted by atomic mass is 16.4. The predicted molar refractivity (Wildman–Crippen MR) is 91.0 cm³/mol. The molecule has 1 saturated heterocycles. The zero-order chi connectivity index (χ0) is 16.2. The summed E-state index contributed by atoms with van der Waals surface area (Å²) < 4.78 is 5.92. The molecule has 0 unspecified atom stereocenters. The second kappa shape index (κ2) is 7.60. The molecule has 4 nitrogen and oxygen atoms in total. The van der Waals surface area contributed by atoms with E-state index in [1.165, 1.54) is 45.6 Å². The lowest BCUT2D eigenvalue weighted by molar-refractivity contribution is 0.134. The van der Waals surface area contributed by atoms with E-state index in [1.807, 2.05) is 6.20 Å². The van der Waals surface area contributed by atoms with Crippen LogP contribution >= 0.6 is 0 Å². The van der Waals surface area contributed by atoms with E-state index in [4.69, 9.17) is 4.42 Å². The molecule has 1 aromatic heterocycles. The Bertz CT molecular complexity index is 437. The lowest BCUT2D eigenvalue weighted by Gasteiger charge is -2.33. The van der Waals surface area contributed by atoms with Crippen molar-refractivity contribution in [3.8, 4) is 0 Å². The SMILES string of the molecule is CCN(CC)CC1CCN(Cc2ncc(C(C)(C)C)o2)CC1. The first-order valence-corrected chi connectivity index (χ1v) is 8.82. The third-order valence-corrected chi connectivity index (χ3v) is 4.77. The fraction of sp³-hybridized carbons (Fsp3) is 0.833. The zero-order valence-corrected chi connectivity index (χ0v) is 15.1.